The minimum absolute atomic E-state index is 0.138. The van der Waals surface area contributed by atoms with Crippen LogP contribution in [-0.4, -0.2) is 59.3 Å². The number of imide groups is 1. The third kappa shape index (κ3) is 4.05. The van der Waals surface area contributed by atoms with Gasteiger partial charge in [0.15, 0.2) is 0 Å². The summed E-state index contributed by atoms with van der Waals surface area (Å²) >= 11 is 0. The van der Waals surface area contributed by atoms with Crippen molar-refractivity contribution in [3.8, 4) is 0 Å². The Hall–Kier alpha value is -3.01. The van der Waals surface area contributed by atoms with Crippen molar-refractivity contribution in [3.05, 3.63) is 28.3 Å². The van der Waals surface area contributed by atoms with Gasteiger partial charge in [-0.15, -0.1) is 0 Å². The van der Waals surface area contributed by atoms with Gasteiger partial charge in [-0.2, -0.15) is 0 Å². The maximum atomic E-state index is 13.1. The predicted octanol–water partition coefficient (Wildman–Crippen LogP) is 2.83. The number of nitrogens with two attached hydrogens (primary N) is 1. The number of nitro groups is 1. The molecule has 1 aromatic carbocycles. The average molecular weight is 498 g/mol. The van der Waals surface area contributed by atoms with Crippen molar-refractivity contribution in [3.63, 3.8) is 0 Å². The summed E-state index contributed by atoms with van der Waals surface area (Å²) in [5.41, 5.74) is 5.74. The molecule has 4 fully saturated rings. The number of carbonyl (C=O) groups excluding carboxylic acids is 3. The summed E-state index contributed by atoms with van der Waals surface area (Å²) < 4.78 is 0. The summed E-state index contributed by atoms with van der Waals surface area (Å²) in [6.45, 7) is 4.70. The molecule has 0 spiro atoms. The molecule has 3 atom stereocenters. The molecular formula is C26H35N5O5. The van der Waals surface area contributed by atoms with Crippen molar-refractivity contribution in [1.82, 2.24) is 4.90 Å². The van der Waals surface area contributed by atoms with Gasteiger partial charge in [-0.1, -0.05) is 13.3 Å². The van der Waals surface area contributed by atoms with Crippen LogP contribution < -0.4 is 15.5 Å². The van der Waals surface area contributed by atoms with E-state index in [0.29, 0.717) is 50.4 Å². The number of benzene rings is 1. The Balaban J connectivity index is 1.38. The number of hydrogen-bond acceptors (Lipinski definition) is 7. The van der Waals surface area contributed by atoms with E-state index in [2.05, 4.69) is 11.8 Å². The first-order valence-electron chi connectivity index (χ1n) is 13.2. The van der Waals surface area contributed by atoms with Gasteiger partial charge in [0.05, 0.1) is 22.4 Å². The second-order valence-corrected chi connectivity index (χ2v) is 11.0. The molecule has 10 nitrogen and oxygen atoms in total. The maximum absolute atomic E-state index is 13.1. The summed E-state index contributed by atoms with van der Waals surface area (Å²) in [4.78, 5) is 55.7. The van der Waals surface area contributed by atoms with E-state index in [0.717, 1.165) is 43.7 Å². The van der Waals surface area contributed by atoms with E-state index in [1.807, 2.05) is 4.90 Å². The number of rotatable bonds is 5. The van der Waals surface area contributed by atoms with E-state index in [1.165, 1.54) is 6.07 Å². The number of amides is 3. The number of nitrogens with zero attached hydrogens (tertiary/aromatic N) is 4. The summed E-state index contributed by atoms with van der Waals surface area (Å²) in [5.74, 6) is -1.09. The number of hydrogen-bond donors (Lipinski definition) is 1. The largest absolute Gasteiger partial charge is 0.368 e. The molecule has 3 amide bonds. The third-order valence-electron chi connectivity index (χ3n) is 8.95. The molecule has 2 N–H and O–H groups in total. The zero-order valence-electron chi connectivity index (χ0n) is 20.9. The first kappa shape index (κ1) is 24.7. The van der Waals surface area contributed by atoms with Crippen LogP contribution in [0.5, 0.6) is 0 Å². The van der Waals surface area contributed by atoms with Crippen LogP contribution in [0.3, 0.4) is 0 Å². The quantitative estimate of drug-likeness (QED) is 0.376. The number of fused-ring (bicyclic) bond motifs is 1. The lowest BCUT2D eigenvalue weighted by molar-refractivity contribution is -0.384. The monoisotopic (exact) mass is 497 g/mol. The van der Waals surface area contributed by atoms with E-state index in [4.69, 9.17) is 5.73 Å². The highest BCUT2D eigenvalue weighted by molar-refractivity contribution is 6.22. The molecule has 5 rings (SSSR count). The van der Waals surface area contributed by atoms with Crippen LogP contribution in [0.15, 0.2) is 18.2 Å². The normalized spacial score (nSPS) is 28.8. The van der Waals surface area contributed by atoms with Crippen LogP contribution in [-0.2, 0) is 14.4 Å². The van der Waals surface area contributed by atoms with Crippen molar-refractivity contribution in [2.24, 2.45) is 23.5 Å². The highest BCUT2D eigenvalue weighted by Gasteiger charge is 2.50. The Morgan fingerprint density at radius 1 is 1.03 bits per heavy atom. The fourth-order valence-electron chi connectivity index (χ4n) is 6.87. The number of piperidine rings is 2. The fraction of sp³-hybridized carbons (Fsp3) is 0.654. The Morgan fingerprint density at radius 3 is 2.33 bits per heavy atom. The van der Waals surface area contributed by atoms with Crippen LogP contribution in [0.1, 0.15) is 58.3 Å². The second kappa shape index (κ2) is 9.46. The molecule has 1 aliphatic carbocycles. The molecule has 36 heavy (non-hydrogen) atoms. The lowest BCUT2D eigenvalue weighted by atomic mass is 9.76. The van der Waals surface area contributed by atoms with Crippen molar-refractivity contribution < 1.29 is 19.3 Å². The summed E-state index contributed by atoms with van der Waals surface area (Å²) in [5, 5.41) is 12.1. The highest BCUT2D eigenvalue weighted by Crippen LogP contribution is 2.44. The molecule has 3 heterocycles. The zero-order valence-corrected chi connectivity index (χ0v) is 20.9. The van der Waals surface area contributed by atoms with Crippen molar-refractivity contribution in [2.45, 2.75) is 63.8 Å². The number of nitro benzene ring substituents is 1. The standard InChI is InChI=1S/C26H35N5O5/c1-17-5-7-19-20(15-17)24(33)30(23(19)32)18-6-8-21(22(16-18)31(35)36)28-13-9-26(10-14-28,25(27)34)29-11-3-2-4-12-29/h6,8,16-17,19-20H,2-5,7,9-15H2,1H3,(H2,27,34). The zero-order chi connectivity index (χ0) is 25.6. The van der Waals surface area contributed by atoms with Gasteiger partial charge in [0, 0.05) is 19.2 Å². The van der Waals surface area contributed by atoms with Crippen LogP contribution in [0.2, 0.25) is 0 Å². The van der Waals surface area contributed by atoms with Crippen molar-refractivity contribution >= 4 is 34.8 Å². The molecule has 0 bridgehead atoms. The van der Waals surface area contributed by atoms with E-state index < -0.39 is 10.5 Å². The lowest BCUT2D eigenvalue weighted by Gasteiger charge is -2.48. The molecule has 194 valence electrons. The van der Waals surface area contributed by atoms with Crippen molar-refractivity contribution in [2.75, 3.05) is 36.0 Å². The first-order chi connectivity index (χ1) is 17.2. The molecule has 0 radical (unpaired) electrons. The SMILES string of the molecule is CC1CCC2C(=O)N(c3ccc(N4CCC(C(N)=O)(N5CCCCC5)CC4)c([N+](=O)[O-])c3)C(=O)C2C1. The van der Waals surface area contributed by atoms with E-state index in [1.54, 1.807) is 12.1 Å². The smallest absolute Gasteiger partial charge is 0.294 e. The molecule has 3 unspecified atom stereocenters. The maximum Gasteiger partial charge on any atom is 0.294 e. The van der Waals surface area contributed by atoms with E-state index >= 15 is 0 Å². The molecule has 1 saturated carbocycles. The van der Waals surface area contributed by atoms with Crippen LogP contribution >= 0.6 is 0 Å². The predicted molar refractivity (Wildman–Crippen MR) is 134 cm³/mol. The molecule has 0 aromatic heterocycles. The van der Waals surface area contributed by atoms with Gasteiger partial charge in [-0.25, -0.2) is 4.90 Å². The van der Waals surface area contributed by atoms with Gasteiger partial charge in [0.1, 0.15) is 11.2 Å². The number of primary amides is 1. The van der Waals surface area contributed by atoms with Gasteiger partial charge in [-0.05, 0) is 76.1 Å². The molecule has 3 aliphatic heterocycles. The summed E-state index contributed by atoms with van der Waals surface area (Å²) in [7, 11) is 0. The summed E-state index contributed by atoms with van der Waals surface area (Å²) in [6, 6.07) is 4.63. The minimum Gasteiger partial charge on any atom is -0.368 e. The Bertz CT molecular complexity index is 1080. The minimum atomic E-state index is -0.715. The number of likely N-dealkylation sites (tertiary alicyclic amines) is 1. The molecular weight excluding hydrogens is 462 g/mol. The van der Waals surface area contributed by atoms with Crippen LogP contribution in [0, 0.1) is 27.9 Å². The first-order valence-corrected chi connectivity index (χ1v) is 13.2. The third-order valence-corrected chi connectivity index (χ3v) is 8.95. The topological polar surface area (TPSA) is 130 Å². The molecule has 3 saturated heterocycles. The molecule has 4 aliphatic rings. The van der Waals surface area contributed by atoms with Gasteiger partial charge in [0.25, 0.3) is 5.69 Å². The second-order valence-electron chi connectivity index (χ2n) is 11.0. The van der Waals surface area contributed by atoms with Crippen LogP contribution in [0.4, 0.5) is 17.1 Å². The molecule has 1 aromatic rings. The van der Waals surface area contributed by atoms with E-state index in [-0.39, 0.29) is 40.9 Å². The fourth-order valence-corrected chi connectivity index (χ4v) is 6.87. The van der Waals surface area contributed by atoms with E-state index in [9.17, 15) is 24.5 Å². The summed E-state index contributed by atoms with van der Waals surface area (Å²) in [6.07, 6.45) is 6.51. The number of anilines is 2. The number of carbonyl (C=O) groups is 3. The Morgan fingerprint density at radius 2 is 1.69 bits per heavy atom. The highest BCUT2D eigenvalue weighted by atomic mass is 16.6. The lowest BCUT2D eigenvalue weighted by Crippen LogP contribution is -2.63. The Labute approximate surface area is 210 Å². The van der Waals surface area contributed by atoms with Crippen molar-refractivity contribution in [1.29, 1.82) is 0 Å². The van der Waals surface area contributed by atoms with Gasteiger partial charge in [0.2, 0.25) is 17.7 Å². The van der Waals surface area contributed by atoms with Gasteiger partial charge < -0.3 is 10.6 Å². The average Bonchev–Trinajstić information content (AvgIpc) is 3.13. The van der Waals surface area contributed by atoms with Gasteiger partial charge in [-0.3, -0.25) is 29.4 Å². The van der Waals surface area contributed by atoms with Gasteiger partial charge >= 0.3 is 0 Å². The molecule has 10 heteroatoms. The van der Waals surface area contributed by atoms with Crippen LogP contribution in [0.25, 0.3) is 0 Å². The Kier molecular flexibility index (Phi) is 6.48.